The van der Waals surface area contributed by atoms with Crippen molar-refractivity contribution in [2.45, 2.75) is 0 Å². The quantitative estimate of drug-likeness (QED) is 0.258. The van der Waals surface area contributed by atoms with Crippen LogP contribution in [0.15, 0.2) is 0 Å². The van der Waals surface area contributed by atoms with Crippen LogP contribution in [0.4, 0.5) is 27.6 Å². The summed E-state index contributed by atoms with van der Waals surface area (Å²) in [6, 6.07) is 0. The highest BCUT2D eigenvalue weighted by Gasteiger charge is 2.25. The summed E-state index contributed by atoms with van der Waals surface area (Å²) in [5.41, 5.74) is 1.96. The molecule has 17 heavy (non-hydrogen) atoms. The van der Waals surface area contributed by atoms with Crippen molar-refractivity contribution in [3.63, 3.8) is 0 Å². The van der Waals surface area contributed by atoms with Crippen LogP contribution >= 0.6 is 12.6 Å². The fraction of sp³-hybridized carbons (Fsp3) is 0.125. The normalized spacial score (nSPS) is 10.2. The number of thiol groups is 1. The molecule has 0 spiro atoms. The third-order valence-corrected chi connectivity index (χ3v) is 1.97. The zero-order chi connectivity index (χ0) is 13.2. The third-order valence-electron chi connectivity index (χ3n) is 1.68. The molecule has 94 valence electrons. The molecule has 3 nitrogen and oxygen atoms in total. The molecular formula is C8H5F5N2OS. The highest BCUT2D eigenvalue weighted by Crippen LogP contribution is 2.26. The second-order valence-electron chi connectivity index (χ2n) is 2.78. The topological polar surface area (TPSA) is 41.1 Å². The number of carbonyl (C=O) groups excluding carboxylic acids is 1. The summed E-state index contributed by atoms with van der Waals surface area (Å²) >= 11 is 3.52. The predicted molar refractivity (Wildman–Crippen MR) is 51.9 cm³/mol. The number of amides is 1. The molecule has 0 heterocycles. The van der Waals surface area contributed by atoms with E-state index in [4.69, 9.17) is 0 Å². The lowest BCUT2D eigenvalue weighted by Gasteiger charge is -2.10. The van der Waals surface area contributed by atoms with E-state index in [1.165, 1.54) is 0 Å². The molecule has 0 aliphatic heterocycles. The SMILES string of the molecule is O=C(CS)NNc1c(F)c(F)c(F)c(F)c1F. The Bertz CT molecular complexity index is 439. The fourth-order valence-electron chi connectivity index (χ4n) is 0.886. The summed E-state index contributed by atoms with van der Waals surface area (Å²) in [5, 5.41) is 0. The maximum absolute atomic E-state index is 13.0. The van der Waals surface area contributed by atoms with Crippen LogP contribution in [0.25, 0.3) is 0 Å². The number of anilines is 1. The Morgan fingerprint density at radius 1 is 0.941 bits per heavy atom. The van der Waals surface area contributed by atoms with E-state index in [1.54, 1.807) is 10.9 Å². The molecule has 0 aromatic heterocycles. The van der Waals surface area contributed by atoms with Crippen LogP contribution < -0.4 is 10.9 Å². The van der Waals surface area contributed by atoms with E-state index in [9.17, 15) is 26.7 Å². The second-order valence-corrected chi connectivity index (χ2v) is 3.09. The van der Waals surface area contributed by atoms with Crippen LogP contribution in [-0.2, 0) is 4.79 Å². The molecule has 0 radical (unpaired) electrons. The summed E-state index contributed by atoms with van der Waals surface area (Å²) in [7, 11) is 0. The Morgan fingerprint density at radius 3 is 1.76 bits per heavy atom. The van der Waals surface area contributed by atoms with Crippen LogP contribution in [0.3, 0.4) is 0 Å². The fourth-order valence-corrected chi connectivity index (χ4v) is 0.965. The number of hydrogen-bond acceptors (Lipinski definition) is 3. The van der Waals surface area contributed by atoms with Crippen molar-refractivity contribution < 1.29 is 26.7 Å². The molecule has 0 unspecified atom stereocenters. The molecule has 0 atom stereocenters. The van der Waals surface area contributed by atoms with Crippen LogP contribution in [0.1, 0.15) is 0 Å². The molecule has 0 bridgehead atoms. The van der Waals surface area contributed by atoms with Gasteiger partial charge in [-0.2, -0.15) is 12.6 Å². The van der Waals surface area contributed by atoms with E-state index in [0.717, 1.165) is 0 Å². The van der Waals surface area contributed by atoms with E-state index in [2.05, 4.69) is 12.6 Å². The Kier molecular flexibility index (Phi) is 4.16. The van der Waals surface area contributed by atoms with Gasteiger partial charge < -0.3 is 0 Å². The first-order valence-corrected chi connectivity index (χ1v) is 4.70. The molecule has 1 aromatic rings. The number of benzene rings is 1. The predicted octanol–water partition coefficient (Wildman–Crippen LogP) is 1.75. The van der Waals surface area contributed by atoms with Gasteiger partial charge in [-0.15, -0.1) is 0 Å². The van der Waals surface area contributed by atoms with Crippen molar-refractivity contribution in [2.24, 2.45) is 0 Å². The zero-order valence-corrected chi connectivity index (χ0v) is 8.85. The zero-order valence-electron chi connectivity index (χ0n) is 7.95. The average molecular weight is 272 g/mol. The number of hydrogen-bond donors (Lipinski definition) is 3. The van der Waals surface area contributed by atoms with Gasteiger partial charge >= 0.3 is 0 Å². The average Bonchev–Trinajstić information content (AvgIpc) is 2.33. The molecular weight excluding hydrogens is 267 g/mol. The van der Waals surface area contributed by atoms with Gasteiger partial charge in [0.25, 0.3) is 0 Å². The van der Waals surface area contributed by atoms with Crippen molar-refractivity contribution in [1.82, 2.24) is 5.43 Å². The van der Waals surface area contributed by atoms with Crippen LogP contribution in [-0.4, -0.2) is 11.7 Å². The molecule has 0 aliphatic rings. The first-order valence-electron chi connectivity index (χ1n) is 4.07. The van der Waals surface area contributed by atoms with Gasteiger partial charge in [-0.25, -0.2) is 22.0 Å². The van der Waals surface area contributed by atoms with Gasteiger partial charge in [0.05, 0.1) is 5.75 Å². The van der Waals surface area contributed by atoms with Gasteiger partial charge in [-0.3, -0.25) is 15.6 Å². The molecule has 0 fully saturated rings. The van der Waals surface area contributed by atoms with Crippen molar-refractivity contribution in [1.29, 1.82) is 0 Å². The smallest absolute Gasteiger partial charge is 0.248 e. The summed E-state index contributed by atoms with van der Waals surface area (Å²) in [6.45, 7) is 0. The maximum Gasteiger partial charge on any atom is 0.248 e. The van der Waals surface area contributed by atoms with Gasteiger partial charge in [0, 0.05) is 0 Å². The minimum absolute atomic E-state index is 0.331. The molecule has 1 aromatic carbocycles. The number of carbonyl (C=O) groups is 1. The molecule has 9 heteroatoms. The van der Waals surface area contributed by atoms with Crippen LogP contribution in [0.5, 0.6) is 0 Å². The Morgan fingerprint density at radius 2 is 1.35 bits per heavy atom. The van der Waals surface area contributed by atoms with Gasteiger partial charge in [-0.1, -0.05) is 0 Å². The second kappa shape index (κ2) is 5.21. The van der Waals surface area contributed by atoms with E-state index in [1.807, 2.05) is 0 Å². The summed E-state index contributed by atoms with van der Waals surface area (Å²) in [6.07, 6.45) is 0. The minimum atomic E-state index is -2.27. The number of halogens is 5. The molecule has 1 amide bonds. The van der Waals surface area contributed by atoms with Crippen LogP contribution in [0, 0.1) is 29.1 Å². The van der Waals surface area contributed by atoms with Gasteiger partial charge in [0.2, 0.25) is 11.7 Å². The van der Waals surface area contributed by atoms with Gasteiger partial charge in [0.15, 0.2) is 23.3 Å². The lowest BCUT2D eigenvalue weighted by atomic mass is 10.2. The van der Waals surface area contributed by atoms with E-state index < -0.39 is 40.7 Å². The number of nitrogens with one attached hydrogen (secondary N) is 2. The molecule has 2 N–H and O–H groups in total. The number of hydrazine groups is 1. The highest BCUT2D eigenvalue weighted by molar-refractivity contribution is 7.81. The molecule has 1 rings (SSSR count). The van der Waals surface area contributed by atoms with Crippen molar-refractivity contribution >= 4 is 24.2 Å². The first-order chi connectivity index (χ1) is 7.90. The summed E-state index contributed by atoms with van der Waals surface area (Å²) in [5.74, 6) is -11.8. The lowest BCUT2D eigenvalue weighted by molar-refractivity contribution is -0.118. The van der Waals surface area contributed by atoms with Crippen molar-refractivity contribution in [3.8, 4) is 0 Å². The Labute approximate surface area is 97.4 Å². The standard InChI is InChI=1S/C8H5F5N2OS/c9-3-4(10)6(12)8(7(13)5(3)11)15-14-2(16)1-17/h15,17H,1H2,(H,14,16). The molecule has 0 aliphatic carbocycles. The van der Waals surface area contributed by atoms with Crippen molar-refractivity contribution in [2.75, 3.05) is 11.2 Å². The lowest BCUT2D eigenvalue weighted by Crippen LogP contribution is -2.31. The van der Waals surface area contributed by atoms with E-state index in [-0.39, 0.29) is 5.75 Å². The maximum atomic E-state index is 13.0. The van der Waals surface area contributed by atoms with Crippen molar-refractivity contribution in [3.05, 3.63) is 29.1 Å². The Hall–Kier alpha value is -1.51. The first kappa shape index (κ1) is 13.6. The highest BCUT2D eigenvalue weighted by atomic mass is 32.1. The van der Waals surface area contributed by atoms with E-state index in [0.29, 0.717) is 0 Å². The summed E-state index contributed by atoms with van der Waals surface area (Å²) < 4.78 is 64.0. The minimum Gasteiger partial charge on any atom is -0.293 e. The summed E-state index contributed by atoms with van der Waals surface area (Å²) in [4.78, 5) is 10.7. The van der Waals surface area contributed by atoms with Crippen LogP contribution in [0.2, 0.25) is 0 Å². The molecule has 0 saturated carbocycles. The van der Waals surface area contributed by atoms with Gasteiger partial charge in [-0.05, 0) is 0 Å². The van der Waals surface area contributed by atoms with Gasteiger partial charge in [0.1, 0.15) is 5.69 Å². The molecule has 0 saturated heterocycles. The number of rotatable bonds is 3. The van der Waals surface area contributed by atoms with E-state index >= 15 is 0 Å². The Balaban J connectivity index is 3.12. The largest absolute Gasteiger partial charge is 0.293 e. The monoisotopic (exact) mass is 272 g/mol. The third kappa shape index (κ3) is 2.60.